The zero-order valence-corrected chi connectivity index (χ0v) is 14.0. The van der Waals surface area contributed by atoms with Gasteiger partial charge in [0.15, 0.2) is 0 Å². The van der Waals surface area contributed by atoms with Crippen molar-refractivity contribution < 1.29 is 0 Å². The second-order valence-corrected chi connectivity index (χ2v) is 6.05. The Morgan fingerprint density at radius 1 is 0.905 bits per heavy atom. The van der Waals surface area contributed by atoms with Crippen LogP contribution in [-0.4, -0.2) is 6.54 Å². The Balaban J connectivity index is 2.25. The first-order valence-corrected chi connectivity index (χ1v) is 7.94. The van der Waals surface area contributed by atoms with Crippen molar-refractivity contribution in [1.29, 1.82) is 0 Å². The van der Waals surface area contributed by atoms with Gasteiger partial charge < -0.3 is 5.32 Å². The maximum Gasteiger partial charge on any atom is 0.0291 e. The van der Waals surface area contributed by atoms with Crippen LogP contribution in [0.5, 0.6) is 0 Å². The third-order valence-electron chi connectivity index (χ3n) is 4.26. The Bertz CT molecular complexity index is 596. The van der Waals surface area contributed by atoms with E-state index in [1.165, 1.54) is 39.8 Å². The van der Waals surface area contributed by atoms with Crippen LogP contribution in [0.1, 0.15) is 48.6 Å². The molecule has 0 saturated heterocycles. The molecule has 0 radical (unpaired) electrons. The molecule has 2 aromatic rings. The van der Waals surface area contributed by atoms with Crippen molar-refractivity contribution in [1.82, 2.24) is 5.32 Å². The number of rotatable bonds is 5. The minimum absolute atomic E-state index is 0.417. The molecular formula is C20H27N. The van der Waals surface area contributed by atoms with Crippen LogP contribution in [0.2, 0.25) is 0 Å². The van der Waals surface area contributed by atoms with Gasteiger partial charge in [-0.05, 0) is 74.0 Å². The third-order valence-corrected chi connectivity index (χ3v) is 4.26. The fourth-order valence-electron chi connectivity index (χ4n) is 2.70. The summed E-state index contributed by atoms with van der Waals surface area (Å²) in [5, 5.41) is 3.54. The Morgan fingerprint density at radius 3 is 2.14 bits per heavy atom. The highest BCUT2D eigenvalue weighted by molar-refractivity contribution is 5.69. The Hall–Kier alpha value is -1.60. The van der Waals surface area contributed by atoms with Crippen molar-refractivity contribution in [3.8, 4) is 11.1 Å². The van der Waals surface area contributed by atoms with Crippen LogP contribution in [0.3, 0.4) is 0 Å². The molecule has 2 aromatic carbocycles. The number of hydrogen-bond donors (Lipinski definition) is 1. The summed E-state index contributed by atoms with van der Waals surface area (Å²) in [5.41, 5.74) is 8.08. The van der Waals surface area contributed by atoms with Crippen molar-refractivity contribution in [2.75, 3.05) is 6.54 Å². The van der Waals surface area contributed by atoms with E-state index < -0.39 is 0 Å². The lowest BCUT2D eigenvalue weighted by atomic mass is 9.94. The summed E-state index contributed by atoms with van der Waals surface area (Å²) in [7, 11) is 0. The van der Waals surface area contributed by atoms with Crippen LogP contribution < -0.4 is 5.32 Å². The molecule has 0 bridgehead atoms. The first kappa shape index (κ1) is 15.8. The zero-order valence-electron chi connectivity index (χ0n) is 14.0. The second-order valence-electron chi connectivity index (χ2n) is 6.05. The lowest BCUT2D eigenvalue weighted by Gasteiger charge is -2.15. The molecule has 0 saturated carbocycles. The van der Waals surface area contributed by atoms with Gasteiger partial charge in [-0.15, -0.1) is 0 Å². The first-order chi connectivity index (χ1) is 10.0. The molecule has 1 unspecified atom stereocenters. The van der Waals surface area contributed by atoms with E-state index in [0.717, 1.165) is 6.54 Å². The summed E-state index contributed by atoms with van der Waals surface area (Å²) in [4.78, 5) is 0. The van der Waals surface area contributed by atoms with E-state index in [9.17, 15) is 0 Å². The normalized spacial score (nSPS) is 12.4. The average Bonchev–Trinajstić information content (AvgIpc) is 2.48. The number of aryl methyl sites for hydroxylation is 3. The van der Waals surface area contributed by atoms with Crippen LogP contribution in [0.4, 0.5) is 0 Å². The molecule has 0 heterocycles. The van der Waals surface area contributed by atoms with E-state index in [4.69, 9.17) is 0 Å². The van der Waals surface area contributed by atoms with Gasteiger partial charge >= 0.3 is 0 Å². The molecule has 21 heavy (non-hydrogen) atoms. The maximum absolute atomic E-state index is 3.54. The van der Waals surface area contributed by atoms with E-state index in [1.54, 1.807) is 0 Å². The summed E-state index contributed by atoms with van der Waals surface area (Å²) in [5.74, 6) is 0. The van der Waals surface area contributed by atoms with Crippen molar-refractivity contribution in [2.45, 2.75) is 47.1 Å². The molecule has 1 atom stereocenters. The zero-order chi connectivity index (χ0) is 15.4. The molecule has 1 N–H and O–H groups in total. The monoisotopic (exact) mass is 281 g/mol. The Kier molecular flexibility index (Phi) is 5.19. The summed E-state index contributed by atoms with van der Waals surface area (Å²) in [6, 6.07) is 14.0. The predicted octanol–water partition coefficient (Wildman–Crippen LogP) is 5.34. The predicted molar refractivity (Wildman–Crippen MR) is 92.8 cm³/mol. The number of benzene rings is 2. The fourth-order valence-corrected chi connectivity index (χ4v) is 2.70. The molecule has 2 rings (SSSR count). The van der Waals surface area contributed by atoms with Crippen molar-refractivity contribution in [3.05, 3.63) is 58.7 Å². The molecule has 0 amide bonds. The highest BCUT2D eigenvalue weighted by Gasteiger charge is 2.07. The van der Waals surface area contributed by atoms with Gasteiger partial charge in [0.05, 0.1) is 0 Å². The quantitative estimate of drug-likeness (QED) is 0.780. The Morgan fingerprint density at radius 2 is 1.52 bits per heavy atom. The van der Waals surface area contributed by atoms with Gasteiger partial charge in [0.25, 0.3) is 0 Å². The number of hydrogen-bond acceptors (Lipinski definition) is 1. The molecule has 0 aliphatic rings. The van der Waals surface area contributed by atoms with E-state index in [2.05, 4.69) is 76.3 Å². The standard InChI is InChI=1S/C20H27N/c1-6-11-21-17(5)18-7-9-19(10-8-18)20-13-15(3)14(2)12-16(20)4/h7-10,12-13,17,21H,6,11H2,1-5H3. The molecule has 0 spiro atoms. The van der Waals surface area contributed by atoms with Gasteiger partial charge in [-0.25, -0.2) is 0 Å². The molecule has 1 heteroatoms. The van der Waals surface area contributed by atoms with E-state index >= 15 is 0 Å². The highest BCUT2D eigenvalue weighted by Crippen LogP contribution is 2.27. The van der Waals surface area contributed by atoms with Crippen LogP contribution in [-0.2, 0) is 0 Å². The first-order valence-electron chi connectivity index (χ1n) is 7.94. The molecular weight excluding hydrogens is 254 g/mol. The summed E-state index contributed by atoms with van der Waals surface area (Å²) < 4.78 is 0. The van der Waals surface area contributed by atoms with Crippen LogP contribution in [0, 0.1) is 20.8 Å². The molecule has 0 aliphatic heterocycles. The number of nitrogens with one attached hydrogen (secondary N) is 1. The molecule has 1 nitrogen and oxygen atoms in total. The minimum Gasteiger partial charge on any atom is -0.310 e. The summed E-state index contributed by atoms with van der Waals surface area (Å²) in [6.45, 7) is 12.1. The summed E-state index contributed by atoms with van der Waals surface area (Å²) in [6.07, 6.45) is 1.17. The van der Waals surface area contributed by atoms with Gasteiger partial charge in [-0.1, -0.05) is 43.3 Å². The van der Waals surface area contributed by atoms with E-state index in [0.29, 0.717) is 6.04 Å². The second kappa shape index (κ2) is 6.91. The average molecular weight is 281 g/mol. The van der Waals surface area contributed by atoms with Crippen LogP contribution in [0.15, 0.2) is 36.4 Å². The van der Waals surface area contributed by atoms with Crippen LogP contribution in [0.25, 0.3) is 11.1 Å². The van der Waals surface area contributed by atoms with Gasteiger partial charge in [0, 0.05) is 6.04 Å². The smallest absolute Gasteiger partial charge is 0.0291 e. The van der Waals surface area contributed by atoms with Gasteiger partial charge in [-0.2, -0.15) is 0 Å². The summed E-state index contributed by atoms with van der Waals surface area (Å²) >= 11 is 0. The molecule has 0 aliphatic carbocycles. The topological polar surface area (TPSA) is 12.0 Å². The van der Waals surface area contributed by atoms with Crippen LogP contribution >= 0.6 is 0 Å². The minimum atomic E-state index is 0.417. The highest BCUT2D eigenvalue weighted by atomic mass is 14.9. The Labute approximate surface area is 129 Å². The molecule has 0 aromatic heterocycles. The van der Waals surface area contributed by atoms with Crippen molar-refractivity contribution >= 4 is 0 Å². The van der Waals surface area contributed by atoms with Gasteiger partial charge in [-0.3, -0.25) is 0 Å². The van der Waals surface area contributed by atoms with Crippen molar-refractivity contribution in [2.24, 2.45) is 0 Å². The third kappa shape index (κ3) is 3.74. The largest absolute Gasteiger partial charge is 0.310 e. The van der Waals surface area contributed by atoms with E-state index in [-0.39, 0.29) is 0 Å². The van der Waals surface area contributed by atoms with Gasteiger partial charge in [0.2, 0.25) is 0 Å². The van der Waals surface area contributed by atoms with E-state index in [1.807, 2.05) is 0 Å². The molecule has 0 fully saturated rings. The fraction of sp³-hybridized carbons (Fsp3) is 0.400. The SMILES string of the molecule is CCCNC(C)c1ccc(-c2cc(C)c(C)cc2C)cc1. The van der Waals surface area contributed by atoms with Gasteiger partial charge in [0.1, 0.15) is 0 Å². The lowest BCUT2D eigenvalue weighted by Crippen LogP contribution is -2.19. The van der Waals surface area contributed by atoms with Crippen molar-refractivity contribution in [3.63, 3.8) is 0 Å². The molecule has 112 valence electrons. The lowest BCUT2D eigenvalue weighted by molar-refractivity contribution is 0.571. The maximum atomic E-state index is 3.54.